The number of allylic oxidation sites excluding steroid dienone is 3. The summed E-state index contributed by atoms with van der Waals surface area (Å²) in [5.41, 5.74) is 17.2. The van der Waals surface area contributed by atoms with E-state index in [9.17, 15) is 0 Å². The summed E-state index contributed by atoms with van der Waals surface area (Å²) in [5.74, 6) is 2.79. The molecule has 0 aliphatic carbocycles. The normalized spacial score (nSPS) is 13.0. The Bertz CT molecular complexity index is 3060. The van der Waals surface area contributed by atoms with Gasteiger partial charge in [0.2, 0.25) is 0 Å². The second kappa shape index (κ2) is 17.1. The van der Waals surface area contributed by atoms with Crippen LogP contribution in [0.2, 0.25) is 0 Å². The highest BCUT2D eigenvalue weighted by Crippen LogP contribution is 2.45. The van der Waals surface area contributed by atoms with Gasteiger partial charge in [0.1, 0.15) is 0 Å². The highest BCUT2D eigenvalue weighted by atomic mass is 32.2. The molecule has 4 heteroatoms. The average molecular weight is 800 g/mol. The number of benzene rings is 8. The molecule has 290 valence electrons. The van der Waals surface area contributed by atoms with Crippen LogP contribution in [0.1, 0.15) is 18.3 Å². The lowest BCUT2D eigenvalue weighted by Crippen LogP contribution is -2.04. The van der Waals surface area contributed by atoms with Gasteiger partial charge in [-0.1, -0.05) is 188 Å². The zero-order valence-electron chi connectivity index (χ0n) is 33.7. The van der Waals surface area contributed by atoms with E-state index in [4.69, 9.17) is 15.0 Å². The minimum absolute atomic E-state index is 0.648. The van der Waals surface area contributed by atoms with Gasteiger partial charge in [-0.3, -0.25) is 0 Å². The van der Waals surface area contributed by atoms with Crippen LogP contribution in [0.15, 0.2) is 223 Å². The lowest BCUT2D eigenvalue weighted by molar-refractivity contribution is 1.04. The lowest BCUT2D eigenvalue weighted by atomic mass is 9.94. The molecule has 0 saturated heterocycles. The molecule has 1 aliphatic rings. The Morgan fingerprint density at radius 1 is 0.393 bits per heavy atom. The van der Waals surface area contributed by atoms with Crippen LogP contribution in [0.25, 0.3) is 89.6 Å². The highest BCUT2D eigenvalue weighted by Gasteiger charge is 2.24. The van der Waals surface area contributed by atoms with Crippen LogP contribution in [0.4, 0.5) is 0 Å². The van der Waals surface area contributed by atoms with Crippen LogP contribution in [-0.4, -0.2) is 20.7 Å². The van der Waals surface area contributed by atoms with E-state index in [0.29, 0.717) is 17.5 Å². The fourth-order valence-electron chi connectivity index (χ4n) is 8.05. The van der Waals surface area contributed by atoms with Crippen molar-refractivity contribution in [2.45, 2.75) is 11.8 Å². The quantitative estimate of drug-likeness (QED) is 0.146. The number of hydrogen-bond acceptors (Lipinski definition) is 4. The summed E-state index contributed by atoms with van der Waals surface area (Å²) in [5, 5.41) is 0. The van der Waals surface area contributed by atoms with E-state index in [1.807, 2.05) is 36.0 Å². The van der Waals surface area contributed by atoms with E-state index in [2.05, 4.69) is 201 Å². The fraction of sp³-hybridized carbons (Fsp3) is 0.0351. The Labute approximate surface area is 361 Å². The highest BCUT2D eigenvalue weighted by molar-refractivity contribution is 8.00. The zero-order chi connectivity index (χ0) is 41.0. The first-order valence-electron chi connectivity index (χ1n) is 20.6. The van der Waals surface area contributed by atoms with Gasteiger partial charge in [0, 0.05) is 27.3 Å². The summed E-state index contributed by atoms with van der Waals surface area (Å²) in [6.07, 6.45) is 4.25. The molecule has 0 atom stereocenters. The van der Waals surface area contributed by atoms with Gasteiger partial charge in [0.25, 0.3) is 0 Å². The molecule has 0 saturated carbocycles. The van der Waals surface area contributed by atoms with Crippen molar-refractivity contribution in [3.8, 4) is 78.4 Å². The molecule has 0 fully saturated rings. The van der Waals surface area contributed by atoms with Gasteiger partial charge >= 0.3 is 0 Å². The minimum Gasteiger partial charge on any atom is -0.208 e. The van der Waals surface area contributed by atoms with E-state index >= 15 is 0 Å². The number of hydrogen-bond donors (Lipinski definition) is 0. The third-order valence-electron chi connectivity index (χ3n) is 11.2. The molecule has 1 aliphatic heterocycles. The molecule has 8 aromatic carbocycles. The monoisotopic (exact) mass is 799 g/mol. The first kappa shape index (κ1) is 37.8. The van der Waals surface area contributed by atoms with Crippen molar-refractivity contribution in [3.63, 3.8) is 0 Å². The number of rotatable bonds is 9. The molecule has 0 bridgehead atoms. The number of fused-ring (bicyclic) bond motifs is 1. The van der Waals surface area contributed by atoms with Gasteiger partial charge in [-0.05, 0) is 104 Å². The van der Waals surface area contributed by atoms with Crippen molar-refractivity contribution in [2.24, 2.45) is 0 Å². The summed E-state index contributed by atoms with van der Waals surface area (Å²) in [6.45, 7) is 2.06. The minimum atomic E-state index is 0.648. The third-order valence-corrected chi connectivity index (χ3v) is 12.3. The zero-order valence-corrected chi connectivity index (χ0v) is 34.6. The Kier molecular flexibility index (Phi) is 10.6. The average Bonchev–Trinajstić information content (AvgIpc) is 3.77. The third kappa shape index (κ3) is 8.02. The standard InChI is InChI=1S/C57H41N3S/c1-2-15-51(57-59-55(43-20-10-5-11-21-43)58-56(60-57)50-27-14-25-47(36-50)40-18-8-4-9-19-40)53-38-61-54-33-32-49(37-52(53)54)48-26-13-24-46(35-48)42-30-28-41(29-31-42)45-23-12-22-44(34-45)39-16-6-3-7-17-39/h2-37H,38H2,1H3/b15-2-,53-51-. The topological polar surface area (TPSA) is 38.7 Å². The maximum absolute atomic E-state index is 5.23. The largest absolute Gasteiger partial charge is 0.208 e. The molecule has 0 spiro atoms. The van der Waals surface area contributed by atoms with Crippen LogP contribution >= 0.6 is 11.8 Å². The van der Waals surface area contributed by atoms with E-state index in [1.54, 1.807) is 0 Å². The summed E-state index contributed by atoms with van der Waals surface area (Å²) in [6, 6.07) is 73.1. The molecule has 0 unspecified atom stereocenters. The SMILES string of the molecule is C/C=C\C(=C1/CSc2ccc(-c3cccc(-c4ccc(-c5cccc(-c6ccccc6)c5)cc4)c3)cc21)c1nc(-c2ccccc2)nc(-c2cccc(-c3ccccc3)c2)n1. The first-order chi connectivity index (χ1) is 30.2. The van der Waals surface area contributed by atoms with Crippen molar-refractivity contribution in [1.82, 2.24) is 15.0 Å². The van der Waals surface area contributed by atoms with E-state index < -0.39 is 0 Å². The van der Waals surface area contributed by atoms with E-state index in [-0.39, 0.29) is 0 Å². The van der Waals surface area contributed by atoms with Crippen molar-refractivity contribution in [1.29, 1.82) is 0 Å². The summed E-state index contributed by atoms with van der Waals surface area (Å²) >= 11 is 1.87. The Morgan fingerprint density at radius 3 is 1.31 bits per heavy atom. The molecule has 61 heavy (non-hydrogen) atoms. The van der Waals surface area contributed by atoms with Crippen molar-refractivity contribution in [3.05, 3.63) is 230 Å². The second-order valence-corrected chi connectivity index (χ2v) is 16.1. The van der Waals surface area contributed by atoms with Gasteiger partial charge in [-0.25, -0.2) is 15.0 Å². The molecule has 2 heterocycles. The van der Waals surface area contributed by atoms with Crippen LogP contribution < -0.4 is 0 Å². The van der Waals surface area contributed by atoms with Crippen LogP contribution in [-0.2, 0) is 0 Å². The maximum Gasteiger partial charge on any atom is 0.164 e. The van der Waals surface area contributed by atoms with Crippen LogP contribution in [0, 0.1) is 0 Å². The molecule has 1 aromatic heterocycles. The van der Waals surface area contributed by atoms with Crippen molar-refractivity contribution in [2.75, 3.05) is 5.75 Å². The fourth-order valence-corrected chi connectivity index (χ4v) is 9.16. The maximum atomic E-state index is 5.23. The van der Waals surface area contributed by atoms with Gasteiger partial charge in [-0.2, -0.15) is 0 Å². The van der Waals surface area contributed by atoms with E-state index in [0.717, 1.165) is 33.6 Å². The van der Waals surface area contributed by atoms with Crippen LogP contribution in [0.3, 0.4) is 0 Å². The Balaban J connectivity index is 1.00. The lowest BCUT2D eigenvalue weighted by Gasteiger charge is -2.13. The van der Waals surface area contributed by atoms with E-state index in [1.165, 1.54) is 60.5 Å². The Hall–Kier alpha value is -7.40. The summed E-state index contributed by atoms with van der Waals surface area (Å²) in [4.78, 5) is 16.7. The summed E-state index contributed by atoms with van der Waals surface area (Å²) in [7, 11) is 0. The van der Waals surface area contributed by atoms with Crippen LogP contribution in [0.5, 0.6) is 0 Å². The van der Waals surface area contributed by atoms with Gasteiger partial charge in [0.05, 0.1) is 0 Å². The van der Waals surface area contributed by atoms with Gasteiger partial charge in [0.15, 0.2) is 17.5 Å². The smallest absolute Gasteiger partial charge is 0.164 e. The molecule has 0 radical (unpaired) electrons. The second-order valence-electron chi connectivity index (χ2n) is 15.1. The Morgan fingerprint density at radius 2 is 0.787 bits per heavy atom. The molecule has 10 rings (SSSR count). The predicted molar refractivity (Wildman–Crippen MR) is 257 cm³/mol. The van der Waals surface area contributed by atoms with Crippen molar-refractivity contribution < 1.29 is 0 Å². The summed E-state index contributed by atoms with van der Waals surface area (Å²) < 4.78 is 0. The number of thioether (sulfide) groups is 1. The molecule has 0 amide bonds. The van der Waals surface area contributed by atoms with Gasteiger partial charge < -0.3 is 0 Å². The molecule has 0 N–H and O–H groups in total. The molecule has 3 nitrogen and oxygen atoms in total. The molecular formula is C57H41N3S. The first-order valence-corrected chi connectivity index (χ1v) is 21.6. The number of aromatic nitrogens is 3. The van der Waals surface area contributed by atoms with Crippen molar-refractivity contribution >= 4 is 22.9 Å². The van der Waals surface area contributed by atoms with Gasteiger partial charge in [-0.15, -0.1) is 11.8 Å². The molecule has 9 aromatic rings. The number of nitrogens with zero attached hydrogens (tertiary/aromatic N) is 3. The molecular weight excluding hydrogens is 759 g/mol. The predicted octanol–water partition coefficient (Wildman–Crippen LogP) is 15.1.